The summed E-state index contributed by atoms with van der Waals surface area (Å²) in [5.74, 6) is 0.490. The Labute approximate surface area is 163 Å². The van der Waals surface area contributed by atoms with Crippen molar-refractivity contribution in [3.8, 4) is 5.69 Å². The minimum Gasteiger partial charge on any atom is -0.374 e. The zero-order chi connectivity index (χ0) is 18.8. The van der Waals surface area contributed by atoms with Crippen molar-refractivity contribution in [1.82, 2.24) is 25.1 Å². The first-order valence-electron chi connectivity index (χ1n) is 9.53. The molecule has 1 aromatic carbocycles. The van der Waals surface area contributed by atoms with Crippen molar-refractivity contribution in [2.24, 2.45) is 0 Å². The second-order valence-electron chi connectivity index (χ2n) is 7.30. The lowest BCUT2D eigenvalue weighted by Gasteiger charge is -2.43. The van der Waals surface area contributed by atoms with E-state index in [4.69, 9.17) is 4.74 Å². The predicted octanol–water partition coefficient (Wildman–Crippen LogP) is 2.54. The number of tetrazole rings is 1. The summed E-state index contributed by atoms with van der Waals surface area (Å²) >= 11 is 1.40. The van der Waals surface area contributed by atoms with E-state index in [1.165, 1.54) is 30.2 Å². The zero-order valence-electron chi connectivity index (χ0n) is 15.8. The van der Waals surface area contributed by atoms with Crippen LogP contribution in [0.4, 0.5) is 0 Å². The molecule has 144 valence electrons. The Kier molecular flexibility index (Phi) is 5.45. The van der Waals surface area contributed by atoms with Crippen LogP contribution in [0, 0.1) is 13.8 Å². The summed E-state index contributed by atoms with van der Waals surface area (Å²) in [5, 5.41) is 12.7. The number of thioether (sulfide) groups is 1. The summed E-state index contributed by atoms with van der Waals surface area (Å²) in [6.45, 7) is 5.42. The number of aryl methyl sites for hydroxylation is 2. The number of nitrogens with zero attached hydrogens (tertiary/aromatic N) is 5. The van der Waals surface area contributed by atoms with Crippen LogP contribution < -0.4 is 0 Å². The molecule has 1 saturated heterocycles. The van der Waals surface area contributed by atoms with Crippen LogP contribution in [0.5, 0.6) is 0 Å². The van der Waals surface area contributed by atoms with Crippen LogP contribution in [0.1, 0.15) is 36.8 Å². The molecule has 1 saturated carbocycles. The van der Waals surface area contributed by atoms with Crippen LogP contribution in [0.2, 0.25) is 0 Å². The van der Waals surface area contributed by atoms with Gasteiger partial charge in [-0.1, -0.05) is 42.3 Å². The molecule has 0 radical (unpaired) electrons. The molecule has 4 rings (SSSR count). The van der Waals surface area contributed by atoms with Gasteiger partial charge < -0.3 is 9.64 Å². The highest BCUT2D eigenvalue weighted by molar-refractivity contribution is 7.99. The molecule has 0 N–H and O–H groups in total. The highest BCUT2D eigenvalue weighted by Gasteiger charge is 2.36. The average Bonchev–Trinajstić information content (AvgIpc) is 3.14. The second-order valence-corrected chi connectivity index (χ2v) is 8.24. The second kappa shape index (κ2) is 7.98. The molecular weight excluding hydrogens is 362 g/mol. The summed E-state index contributed by atoms with van der Waals surface area (Å²) < 4.78 is 7.59. The first-order valence-corrected chi connectivity index (χ1v) is 10.5. The predicted molar refractivity (Wildman–Crippen MR) is 103 cm³/mol. The van der Waals surface area contributed by atoms with E-state index < -0.39 is 0 Å². The van der Waals surface area contributed by atoms with E-state index in [1.807, 2.05) is 24.0 Å². The number of ether oxygens (including phenoxy) is 1. The van der Waals surface area contributed by atoms with Gasteiger partial charge in [-0.2, -0.15) is 4.68 Å². The number of aromatic nitrogens is 4. The lowest BCUT2D eigenvalue weighted by atomic mass is 9.90. The first-order chi connectivity index (χ1) is 13.1. The molecule has 2 fully saturated rings. The van der Waals surface area contributed by atoms with Crippen LogP contribution >= 0.6 is 11.8 Å². The number of benzene rings is 1. The fraction of sp³-hybridized carbons (Fsp3) is 0.579. The van der Waals surface area contributed by atoms with Gasteiger partial charge in [-0.3, -0.25) is 4.79 Å². The van der Waals surface area contributed by atoms with Gasteiger partial charge in [0.15, 0.2) is 0 Å². The highest BCUT2D eigenvalue weighted by Crippen LogP contribution is 2.29. The lowest BCUT2D eigenvalue weighted by molar-refractivity contribution is -0.146. The van der Waals surface area contributed by atoms with Crippen molar-refractivity contribution in [2.45, 2.75) is 56.8 Å². The van der Waals surface area contributed by atoms with Crippen LogP contribution in [-0.4, -0.2) is 62.1 Å². The number of amides is 1. The Morgan fingerprint density at radius 2 is 2.15 bits per heavy atom. The Morgan fingerprint density at radius 1 is 1.30 bits per heavy atom. The lowest BCUT2D eigenvalue weighted by Crippen LogP contribution is -2.55. The fourth-order valence-electron chi connectivity index (χ4n) is 4.08. The SMILES string of the molecule is Cc1ccc(-n2nnnc2SCC(=O)N2CCOC3CCCCC32)c(C)c1. The average molecular weight is 388 g/mol. The Balaban J connectivity index is 1.45. The van der Waals surface area contributed by atoms with Crippen molar-refractivity contribution in [3.05, 3.63) is 29.3 Å². The maximum absolute atomic E-state index is 12.9. The molecule has 8 heteroatoms. The van der Waals surface area contributed by atoms with Gasteiger partial charge in [-0.15, -0.1) is 5.10 Å². The van der Waals surface area contributed by atoms with E-state index in [1.54, 1.807) is 4.68 Å². The van der Waals surface area contributed by atoms with E-state index in [0.29, 0.717) is 24.1 Å². The number of carbonyl (C=O) groups excluding carboxylic acids is 1. The molecule has 0 bridgehead atoms. The Hall–Kier alpha value is -1.93. The monoisotopic (exact) mass is 387 g/mol. The summed E-state index contributed by atoms with van der Waals surface area (Å²) in [7, 11) is 0. The van der Waals surface area contributed by atoms with Crippen LogP contribution in [0.25, 0.3) is 5.69 Å². The summed E-state index contributed by atoms with van der Waals surface area (Å²) in [6.07, 6.45) is 4.69. The molecule has 2 unspecified atom stereocenters. The van der Waals surface area contributed by atoms with Gasteiger partial charge in [-0.05, 0) is 48.7 Å². The van der Waals surface area contributed by atoms with Gasteiger partial charge in [0.25, 0.3) is 0 Å². The van der Waals surface area contributed by atoms with Crippen molar-refractivity contribution in [1.29, 1.82) is 0 Å². The molecule has 1 aromatic heterocycles. The van der Waals surface area contributed by atoms with Gasteiger partial charge in [0.2, 0.25) is 11.1 Å². The van der Waals surface area contributed by atoms with Gasteiger partial charge >= 0.3 is 0 Å². The van der Waals surface area contributed by atoms with Gasteiger partial charge in [-0.25, -0.2) is 0 Å². The number of morpholine rings is 1. The Bertz CT molecular complexity index is 822. The number of fused-ring (bicyclic) bond motifs is 1. The molecule has 1 aliphatic heterocycles. The normalized spacial score (nSPS) is 22.5. The van der Waals surface area contributed by atoms with Crippen molar-refractivity contribution in [3.63, 3.8) is 0 Å². The molecule has 2 atom stereocenters. The molecule has 0 spiro atoms. The maximum atomic E-state index is 12.9. The smallest absolute Gasteiger partial charge is 0.233 e. The van der Waals surface area contributed by atoms with Crippen LogP contribution in [-0.2, 0) is 9.53 Å². The number of hydrogen-bond donors (Lipinski definition) is 0. The largest absolute Gasteiger partial charge is 0.374 e. The first kappa shape index (κ1) is 18.4. The molecule has 2 heterocycles. The molecule has 7 nitrogen and oxygen atoms in total. The molecule has 2 aromatic rings. The number of carbonyl (C=O) groups is 1. The summed E-state index contributed by atoms with van der Waals surface area (Å²) in [6, 6.07) is 6.39. The van der Waals surface area contributed by atoms with Gasteiger partial charge in [0.05, 0.1) is 30.2 Å². The minimum atomic E-state index is 0.148. The number of hydrogen-bond acceptors (Lipinski definition) is 6. The van der Waals surface area contributed by atoms with E-state index >= 15 is 0 Å². The fourth-order valence-corrected chi connectivity index (χ4v) is 4.85. The highest BCUT2D eigenvalue weighted by atomic mass is 32.2. The number of rotatable bonds is 4. The van der Waals surface area contributed by atoms with E-state index in [9.17, 15) is 4.79 Å². The van der Waals surface area contributed by atoms with E-state index in [0.717, 1.165) is 24.1 Å². The van der Waals surface area contributed by atoms with Gasteiger partial charge in [0.1, 0.15) is 0 Å². The minimum absolute atomic E-state index is 0.148. The van der Waals surface area contributed by atoms with E-state index in [-0.39, 0.29) is 18.1 Å². The molecule has 1 amide bonds. The third kappa shape index (κ3) is 3.87. The quantitative estimate of drug-likeness (QED) is 0.751. The zero-order valence-corrected chi connectivity index (χ0v) is 16.6. The third-order valence-electron chi connectivity index (χ3n) is 5.40. The Morgan fingerprint density at radius 3 is 3.00 bits per heavy atom. The molecule has 2 aliphatic rings. The van der Waals surface area contributed by atoms with Crippen LogP contribution in [0.3, 0.4) is 0 Å². The topological polar surface area (TPSA) is 73.1 Å². The molecule has 1 aliphatic carbocycles. The molecule has 27 heavy (non-hydrogen) atoms. The maximum Gasteiger partial charge on any atom is 0.233 e. The summed E-state index contributed by atoms with van der Waals surface area (Å²) in [5.41, 5.74) is 3.25. The van der Waals surface area contributed by atoms with Crippen molar-refractivity contribution < 1.29 is 9.53 Å². The van der Waals surface area contributed by atoms with Crippen molar-refractivity contribution in [2.75, 3.05) is 18.9 Å². The van der Waals surface area contributed by atoms with Crippen LogP contribution in [0.15, 0.2) is 23.4 Å². The molecular formula is C19H25N5O2S. The van der Waals surface area contributed by atoms with Gasteiger partial charge in [0, 0.05) is 6.54 Å². The van der Waals surface area contributed by atoms with Crippen molar-refractivity contribution >= 4 is 17.7 Å². The standard InChI is InChI=1S/C19H25N5O2S/c1-13-7-8-15(14(2)11-13)24-19(20-21-22-24)27-12-18(25)23-9-10-26-17-6-4-3-5-16(17)23/h7-8,11,16-17H,3-6,9-10,12H2,1-2H3. The summed E-state index contributed by atoms with van der Waals surface area (Å²) in [4.78, 5) is 14.9. The van der Waals surface area contributed by atoms with E-state index in [2.05, 4.69) is 28.5 Å². The third-order valence-corrected chi connectivity index (χ3v) is 6.30.